The van der Waals surface area contributed by atoms with Crippen molar-refractivity contribution in [3.8, 4) is 0 Å². The molecule has 0 aliphatic rings. The Labute approximate surface area is 101 Å². The Morgan fingerprint density at radius 2 is 1.88 bits per heavy atom. The Hall–Kier alpha value is -1.11. The maximum absolute atomic E-state index is 11.1. The van der Waals surface area contributed by atoms with E-state index in [0.717, 1.165) is 6.26 Å². The van der Waals surface area contributed by atoms with E-state index in [1.54, 1.807) is 0 Å². The van der Waals surface area contributed by atoms with E-state index in [4.69, 9.17) is 5.11 Å². The number of carboxylic acids is 1. The van der Waals surface area contributed by atoms with Crippen molar-refractivity contribution in [2.24, 2.45) is 5.92 Å². The summed E-state index contributed by atoms with van der Waals surface area (Å²) in [7, 11) is -3.29. The first kappa shape index (κ1) is 15.9. The molecule has 6 nitrogen and oxygen atoms in total. The van der Waals surface area contributed by atoms with Crippen molar-refractivity contribution in [3.63, 3.8) is 0 Å². The zero-order valence-electron chi connectivity index (χ0n) is 10.1. The first-order chi connectivity index (χ1) is 7.70. The molecule has 0 radical (unpaired) electrons. The smallest absolute Gasteiger partial charge is 0.303 e. The number of aliphatic carboxylic acids is 1. The van der Waals surface area contributed by atoms with Gasteiger partial charge in [0.25, 0.3) is 0 Å². The van der Waals surface area contributed by atoms with Gasteiger partial charge in [0.1, 0.15) is 5.75 Å². The lowest BCUT2D eigenvalue weighted by Gasteiger charge is -2.10. The van der Waals surface area contributed by atoms with Crippen LogP contribution in [-0.2, 0) is 19.4 Å². The fraction of sp³-hybridized carbons (Fsp3) is 0.800. The normalized spacial score (nSPS) is 13.1. The quantitative estimate of drug-likeness (QED) is 0.645. The third-order valence-electron chi connectivity index (χ3n) is 2.20. The summed E-state index contributed by atoms with van der Waals surface area (Å²) in [5, 5.41) is 11.0. The number of carboxylic acid groups (broad SMARTS) is 1. The van der Waals surface area contributed by atoms with Crippen LogP contribution in [0, 0.1) is 5.92 Å². The van der Waals surface area contributed by atoms with Crippen molar-refractivity contribution in [1.29, 1.82) is 0 Å². The number of carbonyl (C=O) groups excluding carboxylic acids is 1. The van der Waals surface area contributed by atoms with Crippen molar-refractivity contribution in [1.82, 2.24) is 5.32 Å². The van der Waals surface area contributed by atoms with Crippen LogP contribution in [0.25, 0.3) is 0 Å². The lowest BCUT2D eigenvalue weighted by molar-refractivity contribution is -0.137. The van der Waals surface area contributed by atoms with E-state index in [0.29, 0.717) is 19.4 Å². The molecule has 0 aliphatic carbocycles. The Kier molecular flexibility index (Phi) is 6.79. The standard InChI is InChI=1S/C10H19NO5S/c1-8(3-4-10(13)14)5-6-11-9(12)7-17(2,15)16/h8H,3-7H2,1-2H3,(H,11,12)(H,13,14). The van der Waals surface area contributed by atoms with Crippen LogP contribution in [-0.4, -0.2) is 44.0 Å². The molecule has 0 heterocycles. The van der Waals surface area contributed by atoms with Gasteiger partial charge in [0.05, 0.1) is 0 Å². The van der Waals surface area contributed by atoms with Crippen molar-refractivity contribution in [2.45, 2.75) is 26.2 Å². The van der Waals surface area contributed by atoms with Crippen LogP contribution in [0.1, 0.15) is 26.2 Å². The van der Waals surface area contributed by atoms with E-state index < -0.39 is 27.5 Å². The third kappa shape index (κ3) is 11.2. The Bertz CT molecular complexity index is 363. The van der Waals surface area contributed by atoms with Gasteiger partial charge in [-0.1, -0.05) is 6.92 Å². The molecule has 0 aromatic heterocycles. The second-order valence-electron chi connectivity index (χ2n) is 4.25. The first-order valence-electron chi connectivity index (χ1n) is 5.37. The fourth-order valence-electron chi connectivity index (χ4n) is 1.26. The number of hydrogen-bond acceptors (Lipinski definition) is 4. The monoisotopic (exact) mass is 265 g/mol. The molecule has 0 saturated carbocycles. The van der Waals surface area contributed by atoms with E-state index in [-0.39, 0.29) is 12.3 Å². The van der Waals surface area contributed by atoms with Crippen LogP contribution in [0.4, 0.5) is 0 Å². The fourth-order valence-corrected chi connectivity index (χ4v) is 1.84. The molecule has 0 rings (SSSR count). The zero-order valence-corrected chi connectivity index (χ0v) is 10.9. The van der Waals surface area contributed by atoms with Gasteiger partial charge in [-0.3, -0.25) is 9.59 Å². The van der Waals surface area contributed by atoms with Gasteiger partial charge in [0.2, 0.25) is 5.91 Å². The molecule has 1 atom stereocenters. The zero-order chi connectivity index (χ0) is 13.5. The van der Waals surface area contributed by atoms with Gasteiger partial charge < -0.3 is 10.4 Å². The van der Waals surface area contributed by atoms with Crippen LogP contribution in [0.5, 0.6) is 0 Å². The van der Waals surface area contributed by atoms with Gasteiger partial charge >= 0.3 is 5.97 Å². The van der Waals surface area contributed by atoms with E-state index in [1.165, 1.54) is 0 Å². The predicted octanol–water partition coefficient (Wildman–Crippen LogP) is 0.0382. The van der Waals surface area contributed by atoms with Crippen molar-refractivity contribution in [2.75, 3.05) is 18.6 Å². The lowest BCUT2D eigenvalue weighted by Crippen LogP contribution is -2.31. The predicted molar refractivity (Wildman–Crippen MR) is 63.4 cm³/mol. The van der Waals surface area contributed by atoms with E-state index in [1.807, 2.05) is 6.92 Å². The highest BCUT2D eigenvalue weighted by Crippen LogP contribution is 2.08. The van der Waals surface area contributed by atoms with Gasteiger partial charge in [-0.05, 0) is 18.8 Å². The summed E-state index contributed by atoms with van der Waals surface area (Å²) in [6.45, 7) is 2.26. The maximum Gasteiger partial charge on any atom is 0.303 e. The van der Waals surface area contributed by atoms with Crippen LogP contribution in [0.3, 0.4) is 0 Å². The molecule has 100 valence electrons. The molecule has 2 N–H and O–H groups in total. The SMILES string of the molecule is CC(CCNC(=O)CS(C)(=O)=O)CCC(=O)O. The summed E-state index contributed by atoms with van der Waals surface area (Å²) in [6, 6.07) is 0. The molecule has 0 aromatic rings. The van der Waals surface area contributed by atoms with Crippen LogP contribution >= 0.6 is 0 Å². The molecule has 0 aromatic carbocycles. The van der Waals surface area contributed by atoms with Crippen LogP contribution < -0.4 is 5.32 Å². The van der Waals surface area contributed by atoms with Gasteiger partial charge in [-0.15, -0.1) is 0 Å². The molecular weight excluding hydrogens is 246 g/mol. The molecule has 7 heteroatoms. The van der Waals surface area contributed by atoms with Gasteiger partial charge in [0.15, 0.2) is 9.84 Å². The van der Waals surface area contributed by atoms with Crippen LogP contribution in [0.2, 0.25) is 0 Å². The average molecular weight is 265 g/mol. The van der Waals surface area contributed by atoms with Gasteiger partial charge in [0, 0.05) is 19.2 Å². The highest BCUT2D eigenvalue weighted by Gasteiger charge is 2.11. The minimum atomic E-state index is -3.29. The van der Waals surface area contributed by atoms with Gasteiger partial charge in [-0.25, -0.2) is 8.42 Å². The van der Waals surface area contributed by atoms with Crippen molar-refractivity contribution >= 4 is 21.7 Å². The summed E-state index contributed by atoms with van der Waals surface area (Å²) < 4.78 is 21.6. The number of hydrogen-bond donors (Lipinski definition) is 2. The van der Waals surface area contributed by atoms with E-state index in [2.05, 4.69) is 5.32 Å². The molecule has 0 aliphatic heterocycles. The number of carbonyl (C=O) groups is 2. The summed E-state index contributed by atoms with van der Waals surface area (Å²) in [6.07, 6.45) is 2.31. The second kappa shape index (κ2) is 7.26. The molecule has 0 fully saturated rings. The van der Waals surface area contributed by atoms with Crippen LogP contribution in [0.15, 0.2) is 0 Å². The minimum Gasteiger partial charge on any atom is -0.481 e. The molecule has 0 saturated heterocycles. The lowest BCUT2D eigenvalue weighted by atomic mass is 10.0. The van der Waals surface area contributed by atoms with Gasteiger partial charge in [-0.2, -0.15) is 0 Å². The highest BCUT2D eigenvalue weighted by atomic mass is 32.2. The van der Waals surface area contributed by atoms with Crippen molar-refractivity contribution in [3.05, 3.63) is 0 Å². The molecule has 0 bridgehead atoms. The van der Waals surface area contributed by atoms with E-state index in [9.17, 15) is 18.0 Å². The molecule has 1 unspecified atom stereocenters. The Morgan fingerprint density at radius 3 is 2.35 bits per heavy atom. The summed E-state index contributed by atoms with van der Waals surface area (Å²) in [5.41, 5.74) is 0. The Morgan fingerprint density at radius 1 is 1.29 bits per heavy atom. The molecule has 17 heavy (non-hydrogen) atoms. The summed E-state index contributed by atoms with van der Waals surface area (Å²) in [5.74, 6) is -1.67. The number of nitrogens with one attached hydrogen (secondary N) is 1. The first-order valence-corrected chi connectivity index (χ1v) is 7.43. The third-order valence-corrected chi connectivity index (χ3v) is 2.99. The maximum atomic E-state index is 11.1. The average Bonchev–Trinajstić information content (AvgIpc) is 2.11. The molecular formula is C10H19NO5S. The van der Waals surface area contributed by atoms with E-state index >= 15 is 0 Å². The summed E-state index contributed by atoms with van der Waals surface area (Å²) >= 11 is 0. The second-order valence-corrected chi connectivity index (χ2v) is 6.39. The Balaban J connectivity index is 3.69. The number of amides is 1. The minimum absolute atomic E-state index is 0.110. The molecule has 0 spiro atoms. The van der Waals surface area contributed by atoms with Crippen molar-refractivity contribution < 1.29 is 23.1 Å². The largest absolute Gasteiger partial charge is 0.481 e. The number of rotatable bonds is 8. The number of sulfone groups is 1. The summed E-state index contributed by atoms with van der Waals surface area (Å²) in [4.78, 5) is 21.4. The topological polar surface area (TPSA) is 101 Å². The highest BCUT2D eigenvalue weighted by molar-refractivity contribution is 7.91. The molecule has 1 amide bonds.